The van der Waals surface area contributed by atoms with Crippen molar-refractivity contribution in [1.82, 2.24) is 0 Å². The summed E-state index contributed by atoms with van der Waals surface area (Å²) in [5, 5.41) is 0. The van der Waals surface area contributed by atoms with Gasteiger partial charge in [0.05, 0.1) is 12.9 Å². The van der Waals surface area contributed by atoms with Gasteiger partial charge >= 0.3 is 5.97 Å². The number of ether oxygens (including phenoxy) is 2. The lowest BCUT2D eigenvalue weighted by Crippen LogP contribution is -2.50. The van der Waals surface area contributed by atoms with E-state index in [2.05, 4.69) is 32.1 Å². The predicted octanol–water partition coefficient (Wildman–Crippen LogP) is 5.03. The number of hydrogen-bond donors (Lipinski definition) is 0. The van der Waals surface area contributed by atoms with Crippen LogP contribution in [0.4, 0.5) is 4.39 Å². The van der Waals surface area contributed by atoms with Gasteiger partial charge in [-0.15, -0.1) is 0 Å². The van der Waals surface area contributed by atoms with Crippen LogP contribution in [0.2, 0.25) is 0 Å². The Balaban J connectivity index is 1.53. The first-order chi connectivity index (χ1) is 12.8. The predicted molar refractivity (Wildman–Crippen MR) is 100 cm³/mol. The van der Waals surface area contributed by atoms with Crippen molar-refractivity contribution in [2.24, 2.45) is 22.7 Å². The summed E-state index contributed by atoms with van der Waals surface area (Å²) >= 11 is 0. The summed E-state index contributed by atoms with van der Waals surface area (Å²) in [6, 6.07) is 0. The van der Waals surface area contributed by atoms with Crippen LogP contribution in [-0.2, 0) is 14.3 Å². The van der Waals surface area contributed by atoms with E-state index >= 15 is 0 Å². The Hall–Kier alpha value is -1.58. The summed E-state index contributed by atoms with van der Waals surface area (Å²) in [4.78, 5) is 11.9. The number of halogens is 1. The number of methoxy groups -OCH3 is 1. The molecule has 27 heavy (non-hydrogen) atoms. The summed E-state index contributed by atoms with van der Waals surface area (Å²) in [6.45, 7) is 4.62. The van der Waals surface area contributed by atoms with Crippen LogP contribution in [0.25, 0.3) is 0 Å². The molecule has 1 spiro atoms. The van der Waals surface area contributed by atoms with Crippen molar-refractivity contribution in [1.29, 1.82) is 0 Å². The van der Waals surface area contributed by atoms with E-state index in [1.165, 1.54) is 5.57 Å². The molecule has 0 aromatic carbocycles. The molecule has 1 heterocycles. The molecule has 2 fully saturated rings. The second-order valence-corrected chi connectivity index (χ2v) is 9.66. The maximum Gasteiger partial charge on any atom is 0.341 e. The van der Waals surface area contributed by atoms with Gasteiger partial charge in [0.25, 0.3) is 0 Å². The number of carbonyl (C=O) groups is 1. The number of carbonyl (C=O) groups excluding carboxylic acids is 1. The Bertz CT molecular complexity index is 795. The fourth-order valence-electron chi connectivity index (χ4n) is 7.04. The molecule has 1 saturated heterocycles. The second kappa shape index (κ2) is 5.48. The van der Waals surface area contributed by atoms with Gasteiger partial charge in [-0.25, -0.2) is 9.18 Å². The van der Waals surface area contributed by atoms with Gasteiger partial charge in [-0.05, 0) is 55.6 Å². The van der Waals surface area contributed by atoms with Crippen molar-refractivity contribution < 1.29 is 18.7 Å². The molecule has 0 radical (unpaired) electrons. The van der Waals surface area contributed by atoms with Crippen LogP contribution in [0.3, 0.4) is 0 Å². The first kappa shape index (κ1) is 17.5. The third-order valence-corrected chi connectivity index (χ3v) is 8.73. The Morgan fingerprint density at radius 2 is 2.07 bits per heavy atom. The van der Waals surface area contributed by atoms with Crippen LogP contribution in [0.5, 0.6) is 0 Å². The molecule has 5 aliphatic rings. The van der Waals surface area contributed by atoms with E-state index in [1.54, 1.807) is 12.7 Å². The van der Waals surface area contributed by atoms with Crippen molar-refractivity contribution in [3.05, 3.63) is 35.1 Å². The van der Waals surface area contributed by atoms with Crippen LogP contribution >= 0.6 is 0 Å². The topological polar surface area (TPSA) is 35.5 Å². The summed E-state index contributed by atoms with van der Waals surface area (Å²) in [5.41, 5.74) is 2.28. The quantitative estimate of drug-likeness (QED) is 0.478. The molecule has 4 aliphatic carbocycles. The molecule has 3 nitrogen and oxygen atoms in total. The standard InChI is InChI=1S/C23H29FO3/c1-21-9-6-15(26-3)12-14(21)4-5-16-17(21)7-10-22(2)18(16)8-11-23(22)13-19(24)20(25)27-23/h4,7,12,16,18-19H,5-6,8-11,13H2,1-3H3/t16?,18?,19?,21?,22?,23-/m1/s1. The Morgan fingerprint density at radius 1 is 1.26 bits per heavy atom. The van der Waals surface area contributed by atoms with Crippen LogP contribution in [0.1, 0.15) is 58.8 Å². The molecule has 1 aliphatic heterocycles. The molecule has 4 heteroatoms. The molecule has 5 rings (SSSR count). The number of rotatable bonds is 1. The first-order valence-electron chi connectivity index (χ1n) is 10.4. The van der Waals surface area contributed by atoms with E-state index < -0.39 is 17.7 Å². The minimum Gasteiger partial charge on any atom is -0.501 e. The molecule has 146 valence electrons. The van der Waals surface area contributed by atoms with Crippen molar-refractivity contribution in [2.75, 3.05) is 7.11 Å². The number of fused-ring (bicyclic) bond motifs is 6. The van der Waals surface area contributed by atoms with Gasteiger partial charge in [-0.2, -0.15) is 0 Å². The smallest absolute Gasteiger partial charge is 0.341 e. The molecule has 6 atom stereocenters. The SMILES string of the molecule is COC1=CC2=CCC3C(=CCC4(C)C3CC[C@@]43CC(F)C(=O)O3)C2(C)CC1. The van der Waals surface area contributed by atoms with Crippen molar-refractivity contribution in [3.63, 3.8) is 0 Å². The average Bonchev–Trinajstić information content (AvgIpc) is 3.10. The minimum absolute atomic E-state index is 0.0804. The first-order valence-corrected chi connectivity index (χ1v) is 10.4. The lowest BCUT2D eigenvalue weighted by atomic mass is 9.52. The zero-order chi connectivity index (χ0) is 19.0. The van der Waals surface area contributed by atoms with Gasteiger partial charge in [-0.3, -0.25) is 0 Å². The molecule has 0 aromatic rings. The molecule has 5 unspecified atom stereocenters. The third-order valence-electron chi connectivity index (χ3n) is 8.73. The van der Waals surface area contributed by atoms with Gasteiger partial charge < -0.3 is 9.47 Å². The molecular formula is C23H29FO3. The molecular weight excluding hydrogens is 343 g/mol. The highest BCUT2D eigenvalue weighted by molar-refractivity contribution is 5.77. The maximum atomic E-state index is 14.1. The lowest BCUT2D eigenvalue weighted by molar-refractivity contribution is -0.161. The second-order valence-electron chi connectivity index (χ2n) is 9.66. The molecule has 0 amide bonds. The van der Waals surface area contributed by atoms with E-state index in [4.69, 9.17) is 9.47 Å². The monoisotopic (exact) mass is 372 g/mol. The normalized spacial score (nSPS) is 48.1. The van der Waals surface area contributed by atoms with Crippen LogP contribution in [0.15, 0.2) is 35.1 Å². The largest absolute Gasteiger partial charge is 0.501 e. The number of hydrogen-bond acceptors (Lipinski definition) is 3. The number of allylic oxidation sites excluding steroid dienone is 6. The summed E-state index contributed by atoms with van der Waals surface area (Å²) in [6.07, 6.45) is 11.6. The fourth-order valence-corrected chi connectivity index (χ4v) is 7.04. The van der Waals surface area contributed by atoms with Crippen molar-refractivity contribution in [3.8, 4) is 0 Å². The van der Waals surface area contributed by atoms with Gasteiger partial charge in [-0.1, -0.05) is 31.6 Å². The highest BCUT2D eigenvalue weighted by Crippen LogP contribution is 2.67. The van der Waals surface area contributed by atoms with E-state index in [0.29, 0.717) is 11.8 Å². The van der Waals surface area contributed by atoms with E-state index in [-0.39, 0.29) is 17.3 Å². The van der Waals surface area contributed by atoms with Gasteiger partial charge in [0.2, 0.25) is 6.17 Å². The Kier molecular flexibility index (Phi) is 3.56. The van der Waals surface area contributed by atoms with E-state index in [9.17, 15) is 9.18 Å². The van der Waals surface area contributed by atoms with E-state index in [1.807, 2.05) is 0 Å². The van der Waals surface area contributed by atoms with Gasteiger partial charge in [0.15, 0.2) is 0 Å². The summed E-state index contributed by atoms with van der Waals surface area (Å²) < 4.78 is 25.4. The summed E-state index contributed by atoms with van der Waals surface area (Å²) in [7, 11) is 1.75. The van der Waals surface area contributed by atoms with E-state index in [0.717, 1.165) is 44.3 Å². The zero-order valence-corrected chi connectivity index (χ0v) is 16.5. The fraction of sp³-hybridized carbons (Fsp3) is 0.696. The number of esters is 1. The minimum atomic E-state index is -1.45. The summed E-state index contributed by atoms with van der Waals surface area (Å²) in [5.74, 6) is 1.36. The van der Waals surface area contributed by atoms with Crippen molar-refractivity contribution >= 4 is 5.97 Å². The highest BCUT2D eigenvalue weighted by atomic mass is 19.1. The average molecular weight is 372 g/mol. The molecule has 0 N–H and O–H groups in total. The third kappa shape index (κ3) is 2.10. The van der Waals surface area contributed by atoms with Crippen LogP contribution in [0, 0.1) is 22.7 Å². The molecule has 0 aromatic heterocycles. The van der Waals surface area contributed by atoms with Gasteiger partial charge in [0, 0.05) is 23.7 Å². The number of alkyl halides is 1. The van der Waals surface area contributed by atoms with Crippen molar-refractivity contribution in [2.45, 2.75) is 70.6 Å². The van der Waals surface area contributed by atoms with Crippen LogP contribution < -0.4 is 0 Å². The maximum absolute atomic E-state index is 14.1. The highest BCUT2D eigenvalue weighted by Gasteiger charge is 2.67. The molecule has 1 saturated carbocycles. The Morgan fingerprint density at radius 3 is 2.78 bits per heavy atom. The zero-order valence-electron chi connectivity index (χ0n) is 16.5. The molecule has 0 bridgehead atoms. The Labute approximate surface area is 160 Å². The van der Waals surface area contributed by atoms with Gasteiger partial charge in [0.1, 0.15) is 5.60 Å². The van der Waals surface area contributed by atoms with Crippen LogP contribution in [-0.4, -0.2) is 24.9 Å². The lowest BCUT2D eigenvalue weighted by Gasteiger charge is -2.53.